The van der Waals surface area contributed by atoms with Gasteiger partial charge in [-0.1, -0.05) is 18.2 Å². The monoisotopic (exact) mass is 405 g/mol. The molecule has 0 radical (unpaired) electrons. The van der Waals surface area contributed by atoms with Crippen LogP contribution in [0.2, 0.25) is 0 Å². The second-order valence-corrected chi connectivity index (χ2v) is 6.03. The fourth-order valence-electron chi connectivity index (χ4n) is 1.64. The minimum Gasteiger partial charge on any atom is -0.455 e. The highest BCUT2D eigenvalue weighted by Crippen LogP contribution is 2.18. The van der Waals surface area contributed by atoms with Gasteiger partial charge in [0.2, 0.25) is 0 Å². The summed E-state index contributed by atoms with van der Waals surface area (Å²) >= 11 is 1.98. The quantitative estimate of drug-likeness (QED) is 0.459. The molecule has 0 heterocycles. The van der Waals surface area contributed by atoms with Gasteiger partial charge in [0.15, 0.2) is 0 Å². The minimum atomic E-state index is -0.552. The molecule has 0 saturated carbocycles. The van der Waals surface area contributed by atoms with Crippen LogP contribution < -0.4 is 5.32 Å². The molecule has 1 N–H and O–H groups in total. The first-order valence-corrected chi connectivity index (χ1v) is 8.14. The van der Waals surface area contributed by atoms with Crippen LogP contribution in [0, 0.1) is 0 Å². The van der Waals surface area contributed by atoms with Gasteiger partial charge in [0.25, 0.3) is 0 Å². The molecule has 6 heteroatoms. The fourth-order valence-corrected chi connectivity index (χ4v) is 1.99. The van der Waals surface area contributed by atoms with Gasteiger partial charge in [0.05, 0.1) is 0 Å². The first-order valence-electron chi connectivity index (χ1n) is 6.61. The number of amides is 1. The van der Waals surface area contributed by atoms with Crippen molar-refractivity contribution in [1.29, 1.82) is 0 Å². The standard InChI is InChI=1S/C15H20INO4/c1-15(2,3)21-14(19)17-12-7-5-4-6-11(12)8-9-13(18)20-10-16/h4-7H,8-10H2,1-3H3,(H,17,19). The smallest absolute Gasteiger partial charge is 0.412 e. The average molecular weight is 405 g/mol. The van der Waals surface area contributed by atoms with E-state index in [-0.39, 0.29) is 12.4 Å². The van der Waals surface area contributed by atoms with E-state index in [1.807, 2.05) is 40.8 Å². The van der Waals surface area contributed by atoms with E-state index in [9.17, 15) is 9.59 Å². The number of carbonyl (C=O) groups excluding carboxylic acids is 2. The molecule has 1 rings (SSSR count). The number of aryl methyl sites for hydroxylation is 1. The van der Waals surface area contributed by atoms with E-state index >= 15 is 0 Å². The number of halogens is 1. The Morgan fingerprint density at radius 2 is 1.90 bits per heavy atom. The SMILES string of the molecule is CC(C)(C)OC(=O)Nc1ccccc1CCC(=O)OCI. The van der Waals surface area contributed by atoms with Crippen LogP contribution >= 0.6 is 22.6 Å². The van der Waals surface area contributed by atoms with Crippen molar-refractivity contribution in [1.82, 2.24) is 0 Å². The molecular formula is C15H20INO4. The number of anilines is 1. The lowest BCUT2D eigenvalue weighted by Crippen LogP contribution is -2.27. The maximum atomic E-state index is 11.8. The van der Waals surface area contributed by atoms with Crippen LogP contribution in [0.4, 0.5) is 10.5 Å². The van der Waals surface area contributed by atoms with Crippen molar-refractivity contribution < 1.29 is 19.1 Å². The second-order valence-electron chi connectivity index (χ2n) is 5.41. The van der Waals surface area contributed by atoms with Crippen LogP contribution in [-0.4, -0.2) is 22.3 Å². The Morgan fingerprint density at radius 3 is 2.52 bits per heavy atom. The van der Waals surface area contributed by atoms with Gasteiger partial charge in [-0.15, -0.1) is 0 Å². The number of alkyl halides is 1. The molecule has 116 valence electrons. The van der Waals surface area contributed by atoms with E-state index in [0.717, 1.165) is 5.56 Å². The lowest BCUT2D eigenvalue weighted by atomic mass is 10.1. The van der Waals surface area contributed by atoms with Gasteiger partial charge in [-0.25, -0.2) is 4.79 Å². The number of rotatable bonds is 5. The summed E-state index contributed by atoms with van der Waals surface area (Å²) in [6, 6.07) is 7.32. The zero-order valence-electron chi connectivity index (χ0n) is 12.4. The normalized spacial score (nSPS) is 10.9. The van der Waals surface area contributed by atoms with Crippen LogP contribution in [0.1, 0.15) is 32.8 Å². The van der Waals surface area contributed by atoms with Gasteiger partial charge in [0.1, 0.15) is 10.2 Å². The van der Waals surface area contributed by atoms with Crippen molar-refractivity contribution in [2.45, 2.75) is 39.2 Å². The Labute approximate surface area is 138 Å². The van der Waals surface area contributed by atoms with E-state index < -0.39 is 11.7 Å². The van der Waals surface area contributed by atoms with Crippen LogP contribution in [0.25, 0.3) is 0 Å². The highest BCUT2D eigenvalue weighted by atomic mass is 127. The molecular weight excluding hydrogens is 385 g/mol. The number of carbonyl (C=O) groups is 2. The third-order valence-electron chi connectivity index (χ3n) is 2.47. The molecule has 0 saturated heterocycles. The number of esters is 1. The van der Waals surface area contributed by atoms with Crippen molar-refractivity contribution in [3.63, 3.8) is 0 Å². The summed E-state index contributed by atoms with van der Waals surface area (Å²) in [5, 5.41) is 2.71. The largest absolute Gasteiger partial charge is 0.455 e. The highest BCUT2D eigenvalue weighted by Gasteiger charge is 2.17. The summed E-state index contributed by atoms with van der Waals surface area (Å²) in [6.45, 7) is 5.41. The maximum absolute atomic E-state index is 11.8. The maximum Gasteiger partial charge on any atom is 0.412 e. The molecule has 0 aliphatic heterocycles. The lowest BCUT2D eigenvalue weighted by Gasteiger charge is -2.20. The van der Waals surface area contributed by atoms with Gasteiger partial charge in [-0.2, -0.15) is 0 Å². The Kier molecular flexibility index (Phi) is 6.94. The van der Waals surface area contributed by atoms with Gasteiger partial charge in [-0.3, -0.25) is 10.1 Å². The predicted octanol–water partition coefficient (Wildman–Crippen LogP) is 3.90. The number of para-hydroxylation sites is 1. The molecule has 0 aliphatic carbocycles. The minimum absolute atomic E-state index is 0.253. The molecule has 0 unspecified atom stereocenters. The number of benzene rings is 1. The van der Waals surface area contributed by atoms with E-state index in [4.69, 9.17) is 9.47 Å². The Hall–Kier alpha value is -1.31. The van der Waals surface area contributed by atoms with E-state index in [2.05, 4.69) is 5.32 Å². The molecule has 21 heavy (non-hydrogen) atoms. The molecule has 1 aromatic carbocycles. The van der Waals surface area contributed by atoms with Crippen molar-refractivity contribution in [3.8, 4) is 0 Å². The summed E-state index contributed by atoms with van der Waals surface area (Å²) in [4.78, 5) is 23.2. The van der Waals surface area contributed by atoms with Gasteiger partial charge in [-0.05, 0) is 61.4 Å². The van der Waals surface area contributed by atoms with Gasteiger partial charge >= 0.3 is 12.1 Å². The first kappa shape index (κ1) is 17.7. The van der Waals surface area contributed by atoms with Crippen LogP contribution in [0.5, 0.6) is 0 Å². The molecule has 0 spiro atoms. The Bertz CT molecular complexity index is 497. The summed E-state index contributed by atoms with van der Waals surface area (Å²) in [6.07, 6.45) is 0.266. The van der Waals surface area contributed by atoms with E-state index in [1.165, 1.54) is 0 Å². The summed E-state index contributed by atoms with van der Waals surface area (Å²) in [5.74, 6) is -0.253. The number of ether oxygens (including phenoxy) is 2. The third-order valence-corrected chi connectivity index (χ3v) is 2.78. The number of nitrogens with one attached hydrogen (secondary N) is 1. The zero-order chi connectivity index (χ0) is 15.9. The first-order chi connectivity index (χ1) is 9.81. The average Bonchev–Trinajstić information content (AvgIpc) is 2.35. The molecule has 0 atom stereocenters. The molecule has 1 amide bonds. The van der Waals surface area contributed by atoms with E-state index in [0.29, 0.717) is 16.7 Å². The van der Waals surface area contributed by atoms with Crippen LogP contribution in [0.15, 0.2) is 24.3 Å². The van der Waals surface area contributed by atoms with Gasteiger partial charge < -0.3 is 9.47 Å². The summed E-state index contributed by atoms with van der Waals surface area (Å²) in [5.41, 5.74) is 0.964. The van der Waals surface area contributed by atoms with Crippen molar-refractivity contribution in [2.24, 2.45) is 0 Å². The number of hydrogen-bond donors (Lipinski definition) is 1. The molecule has 0 aromatic heterocycles. The molecule has 0 fully saturated rings. The van der Waals surface area contributed by atoms with Crippen molar-refractivity contribution >= 4 is 40.3 Å². The molecule has 0 aliphatic rings. The molecule has 1 aromatic rings. The highest BCUT2D eigenvalue weighted by molar-refractivity contribution is 14.1. The van der Waals surface area contributed by atoms with Gasteiger partial charge in [0, 0.05) is 12.1 Å². The van der Waals surface area contributed by atoms with E-state index in [1.54, 1.807) is 26.8 Å². The second kappa shape index (κ2) is 8.21. The fraction of sp³-hybridized carbons (Fsp3) is 0.467. The van der Waals surface area contributed by atoms with Crippen molar-refractivity contribution in [2.75, 3.05) is 9.93 Å². The zero-order valence-corrected chi connectivity index (χ0v) is 14.6. The van der Waals surface area contributed by atoms with Crippen molar-refractivity contribution in [3.05, 3.63) is 29.8 Å². The predicted molar refractivity (Wildman–Crippen MR) is 89.6 cm³/mol. The molecule has 0 bridgehead atoms. The summed E-state index contributed by atoms with van der Waals surface area (Å²) < 4.78 is 10.4. The third kappa shape index (κ3) is 7.31. The Balaban J connectivity index is 2.66. The summed E-state index contributed by atoms with van der Waals surface area (Å²) in [7, 11) is 0. The molecule has 5 nitrogen and oxygen atoms in total. The lowest BCUT2D eigenvalue weighted by molar-refractivity contribution is -0.140. The van der Waals surface area contributed by atoms with Crippen LogP contribution in [0.3, 0.4) is 0 Å². The Morgan fingerprint density at radius 1 is 1.24 bits per heavy atom. The van der Waals surface area contributed by atoms with Crippen LogP contribution in [-0.2, 0) is 20.7 Å². The topological polar surface area (TPSA) is 64.6 Å². The number of hydrogen-bond acceptors (Lipinski definition) is 4.